The first-order chi connectivity index (χ1) is 19.7. The van der Waals surface area contributed by atoms with Gasteiger partial charge in [0.05, 0.1) is 15.5 Å². The Morgan fingerprint density at radius 1 is 0.929 bits per heavy atom. The molecular formula is C29H33NO6P2S4. The summed E-state index contributed by atoms with van der Waals surface area (Å²) >= 11 is 15.4. The van der Waals surface area contributed by atoms with Gasteiger partial charge >= 0.3 is 12.1 Å². The number of hydrogen-bond acceptors (Lipinski definition) is 10. The van der Waals surface area contributed by atoms with Crippen LogP contribution < -0.4 is 25.4 Å². The lowest BCUT2D eigenvalue weighted by Gasteiger charge is -2.40. The number of carbonyl (C=O) groups is 2. The number of ether oxygens (including phenoxy) is 3. The average molecular weight is 682 g/mol. The van der Waals surface area contributed by atoms with Gasteiger partial charge in [0.15, 0.2) is 0 Å². The molecule has 0 aromatic heterocycles. The van der Waals surface area contributed by atoms with E-state index in [-0.39, 0.29) is 23.8 Å². The standard InChI is InChI=1S/C29H33NO6P2S4/c1-19(2)18-34-26-15-6-20(17-30-28(33)36-29(3,4)5)16-25(26)27(32)35-22-9-13-24(14-10-22)38(40)41-37(39,42-38)23-11-7-21(31)8-12-23/h6-16,19,31H,17-18H2,1-5H3,(H,30,33). The van der Waals surface area contributed by atoms with Gasteiger partial charge in [0, 0.05) is 17.2 Å². The van der Waals surface area contributed by atoms with Crippen molar-refractivity contribution in [1.82, 2.24) is 5.32 Å². The van der Waals surface area contributed by atoms with Gasteiger partial charge in [0.25, 0.3) is 0 Å². The number of hydrogen-bond donors (Lipinski definition) is 2. The van der Waals surface area contributed by atoms with Gasteiger partial charge in [-0.1, -0.05) is 65.5 Å². The van der Waals surface area contributed by atoms with Crippen LogP contribution in [-0.2, 0) is 34.9 Å². The molecule has 0 bridgehead atoms. The minimum absolute atomic E-state index is 0.172. The van der Waals surface area contributed by atoms with Gasteiger partial charge in [-0.05, 0) is 92.9 Å². The summed E-state index contributed by atoms with van der Waals surface area (Å²) < 4.78 is 13.1. The van der Waals surface area contributed by atoms with Gasteiger partial charge in [-0.3, -0.25) is 0 Å². The number of amides is 1. The largest absolute Gasteiger partial charge is 0.508 e. The number of nitrogens with one attached hydrogen (secondary N) is 1. The number of esters is 1. The van der Waals surface area contributed by atoms with Gasteiger partial charge in [-0.25, -0.2) is 9.59 Å². The molecule has 1 saturated heterocycles. The number of alkyl carbamates (subject to hydrolysis) is 1. The molecule has 1 amide bonds. The number of rotatable bonds is 9. The fourth-order valence-electron chi connectivity index (χ4n) is 3.69. The molecule has 2 N–H and O–H groups in total. The van der Waals surface area contributed by atoms with E-state index in [0.29, 0.717) is 23.7 Å². The van der Waals surface area contributed by atoms with Crippen molar-refractivity contribution >= 4 is 77.2 Å². The first-order valence-electron chi connectivity index (χ1n) is 13.1. The normalized spacial score (nSPS) is 20.0. The number of benzene rings is 3. The molecule has 3 aromatic rings. The van der Waals surface area contributed by atoms with Gasteiger partial charge in [0.1, 0.15) is 28.4 Å². The summed E-state index contributed by atoms with van der Waals surface area (Å²) in [6.45, 7) is 10.0. The maximum Gasteiger partial charge on any atom is 0.407 e. The topological polar surface area (TPSA) is 94.1 Å². The van der Waals surface area contributed by atoms with Gasteiger partial charge in [0.2, 0.25) is 0 Å². The zero-order valence-electron chi connectivity index (χ0n) is 23.9. The zero-order valence-corrected chi connectivity index (χ0v) is 28.9. The lowest BCUT2D eigenvalue weighted by molar-refractivity contribution is 0.0523. The van der Waals surface area contributed by atoms with Crippen molar-refractivity contribution in [3.63, 3.8) is 0 Å². The molecule has 1 aliphatic heterocycles. The summed E-state index contributed by atoms with van der Waals surface area (Å²) in [6.07, 6.45) is -0.546. The van der Waals surface area contributed by atoms with E-state index in [9.17, 15) is 14.7 Å². The SMILES string of the molecule is CC(C)COc1ccc(CNC(=O)OC(C)(C)C)cc1C(=O)Oc1ccc(P2(=S)SP(=S)(c3ccc(O)cc3)S2)cc1. The molecule has 0 saturated carbocycles. The molecule has 3 aromatic carbocycles. The van der Waals surface area contributed by atoms with Gasteiger partial charge < -0.3 is 24.6 Å². The summed E-state index contributed by atoms with van der Waals surface area (Å²) in [5.41, 5.74) is 0.339. The Morgan fingerprint density at radius 3 is 2.05 bits per heavy atom. The highest BCUT2D eigenvalue weighted by Crippen LogP contribution is 3.04. The highest BCUT2D eigenvalue weighted by Gasteiger charge is 2.45. The van der Waals surface area contributed by atoms with Crippen molar-refractivity contribution in [2.24, 2.45) is 5.92 Å². The Hall–Kier alpha value is -2.00. The third-order valence-electron chi connectivity index (χ3n) is 5.63. The van der Waals surface area contributed by atoms with E-state index in [4.69, 9.17) is 37.8 Å². The molecule has 0 spiro atoms. The van der Waals surface area contributed by atoms with Gasteiger partial charge in [-0.15, -0.1) is 0 Å². The van der Waals surface area contributed by atoms with E-state index in [1.54, 1.807) is 85.2 Å². The first-order valence-corrected chi connectivity index (χ1v) is 22.8. The van der Waals surface area contributed by atoms with E-state index in [1.165, 1.54) is 0 Å². The summed E-state index contributed by atoms with van der Waals surface area (Å²) in [4.78, 5) is 25.4. The van der Waals surface area contributed by atoms with Crippen LogP contribution in [0.3, 0.4) is 0 Å². The monoisotopic (exact) mass is 681 g/mol. The molecule has 0 aliphatic carbocycles. The Bertz CT molecular complexity index is 1540. The molecule has 0 atom stereocenters. The van der Waals surface area contributed by atoms with Crippen LogP contribution in [0.2, 0.25) is 0 Å². The van der Waals surface area contributed by atoms with E-state index >= 15 is 0 Å². The number of aromatic hydroxyl groups is 1. The molecule has 0 radical (unpaired) electrons. The van der Waals surface area contributed by atoms with E-state index in [0.717, 1.165) is 10.6 Å². The van der Waals surface area contributed by atoms with E-state index in [1.807, 2.05) is 38.1 Å². The molecule has 224 valence electrons. The summed E-state index contributed by atoms with van der Waals surface area (Å²) in [5, 5.41) is 14.3. The maximum absolute atomic E-state index is 13.3. The fraction of sp³-hybridized carbons (Fsp3) is 0.310. The third kappa shape index (κ3) is 8.55. The van der Waals surface area contributed by atoms with Crippen LogP contribution in [0, 0.1) is 5.92 Å². The second-order valence-electron chi connectivity index (χ2n) is 10.9. The molecular weight excluding hydrogens is 649 g/mol. The quantitative estimate of drug-likeness (QED) is 0.133. The van der Waals surface area contributed by atoms with Crippen LogP contribution in [0.25, 0.3) is 0 Å². The zero-order chi connectivity index (χ0) is 30.7. The highest BCUT2D eigenvalue weighted by molar-refractivity contribution is 9.48. The highest BCUT2D eigenvalue weighted by atomic mass is 33.7. The van der Waals surface area contributed by atoms with Crippen molar-refractivity contribution in [3.8, 4) is 17.2 Å². The molecule has 1 aliphatic rings. The second-order valence-corrected chi connectivity index (χ2v) is 32.2. The van der Waals surface area contributed by atoms with Crippen LogP contribution >= 0.6 is 30.9 Å². The lowest BCUT2D eigenvalue weighted by atomic mass is 10.1. The predicted molar refractivity (Wildman–Crippen MR) is 182 cm³/mol. The Labute approximate surface area is 264 Å². The van der Waals surface area contributed by atoms with Crippen molar-refractivity contribution in [3.05, 3.63) is 77.9 Å². The first kappa shape index (κ1) is 32.9. The van der Waals surface area contributed by atoms with Crippen molar-refractivity contribution < 1.29 is 28.9 Å². The molecule has 1 fully saturated rings. The van der Waals surface area contributed by atoms with Crippen molar-refractivity contribution in [2.75, 3.05) is 6.61 Å². The molecule has 13 heteroatoms. The third-order valence-corrected chi connectivity index (χ3v) is 36.9. The minimum Gasteiger partial charge on any atom is -0.508 e. The molecule has 0 unspecified atom stereocenters. The molecule has 42 heavy (non-hydrogen) atoms. The maximum atomic E-state index is 13.3. The summed E-state index contributed by atoms with van der Waals surface area (Å²) in [7, 11) is 0. The Morgan fingerprint density at radius 2 is 1.50 bits per heavy atom. The van der Waals surface area contributed by atoms with E-state index in [2.05, 4.69) is 5.32 Å². The Kier molecular flexibility index (Phi) is 10.4. The number of carbonyl (C=O) groups excluding carboxylic acids is 2. The predicted octanol–water partition coefficient (Wildman–Crippen LogP) is 7.72. The molecule has 4 rings (SSSR count). The summed E-state index contributed by atoms with van der Waals surface area (Å²) in [5.74, 6) is 0.688. The summed E-state index contributed by atoms with van der Waals surface area (Å²) in [6, 6.07) is 19.5. The fourth-order valence-corrected chi connectivity index (χ4v) is 46.0. The van der Waals surface area contributed by atoms with Crippen LogP contribution in [0.1, 0.15) is 50.5 Å². The number of phenolic OH excluding ortho intramolecular Hbond substituents is 1. The van der Waals surface area contributed by atoms with Gasteiger partial charge in [-0.2, -0.15) is 0 Å². The van der Waals surface area contributed by atoms with Crippen LogP contribution in [0.5, 0.6) is 17.2 Å². The van der Waals surface area contributed by atoms with Crippen molar-refractivity contribution in [2.45, 2.75) is 46.8 Å². The lowest BCUT2D eigenvalue weighted by Crippen LogP contribution is -2.32. The van der Waals surface area contributed by atoms with Crippen LogP contribution in [0.4, 0.5) is 4.79 Å². The van der Waals surface area contributed by atoms with Crippen molar-refractivity contribution in [1.29, 1.82) is 0 Å². The minimum atomic E-state index is -1.97. The van der Waals surface area contributed by atoms with Crippen LogP contribution in [-0.4, -0.2) is 29.4 Å². The van der Waals surface area contributed by atoms with E-state index < -0.39 is 26.5 Å². The Balaban J connectivity index is 1.45. The number of phenols is 1. The molecule has 1 heterocycles. The second kappa shape index (κ2) is 13.3. The smallest absolute Gasteiger partial charge is 0.407 e. The van der Waals surface area contributed by atoms with Crippen LogP contribution in [0.15, 0.2) is 66.7 Å². The molecule has 7 nitrogen and oxygen atoms in total. The average Bonchev–Trinajstić information content (AvgIpc) is 2.89.